The summed E-state index contributed by atoms with van der Waals surface area (Å²) in [5.74, 6) is 0. The lowest BCUT2D eigenvalue weighted by atomic mass is 10.7. The van der Waals surface area contributed by atoms with E-state index in [0.717, 1.165) is 11.7 Å². The van der Waals surface area contributed by atoms with Crippen LogP contribution in [0.15, 0.2) is 11.6 Å². The molecule has 5 heteroatoms. The minimum atomic E-state index is 0.0806. The highest BCUT2D eigenvalue weighted by Crippen LogP contribution is 2.08. The molecule has 12 heavy (non-hydrogen) atoms. The van der Waals surface area contributed by atoms with Gasteiger partial charge in [-0.15, -0.1) is 11.3 Å². The number of thiazole rings is 1. The standard InChI is InChI=1S/C7H12N2O2S/c10-3-5-11-4-1-8-7-9-2-6-12-7/h2,6,10H,1,3-5H2,(H,8,9). The van der Waals surface area contributed by atoms with Crippen LogP contribution in [0.3, 0.4) is 0 Å². The Balaban J connectivity index is 1.96. The van der Waals surface area contributed by atoms with E-state index in [1.807, 2.05) is 5.38 Å². The molecular weight excluding hydrogens is 176 g/mol. The van der Waals surface area contributed by atoms with E-state index in [4.69, 9.17) is 9.84 Å². The van der Waals surface area contributed by atoms with Crippen molar-refractivity contribution in [3.05, 3.63) is 11.6 Å². The molecule has 1 aromatic rings. The Bertz CT molecular complexity index is 191. The van der Waals surface area contributed by atoms with Gasteiger partial charge >= 0.3 is 0 Å². The number of nitrogens with zero attached hydrogens (tertiary/aromatic N) is 1. The molecule has 0 radical (unpaired) electrons. The van der Waals surface area contributed by atoms with E-state index in [1.54, 1.807) is 17.5 Å². The van der Waals surface area contributed by atoms with Crippen molar-refractivity contribution in [1.29, 1.82) is 0 Å². The van der Waals surface area contributed by atoms with E-state index < -0.39 is 0 Å². The van der Waals surface area contributed by atoms with Crippen molar-refractivity contribution in [1.82, 2.24) is 4.98 Å². The van der Waals surface area contributed by atoms with Gasteiger partial charge < -0.3 is 15.2 Å². The smallest absolute Gasteiger partial charge is 0.182 e. The molecule has 1 heterocycles. The Kier molecular flexibility index (Phi) is 4.67. The van der Waals surface area contributed by atoms with Gasteiger partial charge in [-0.25, -0.2) is 4.98 Å². The summed E-state index contributed by atoms with van der Waals surface area (Å²) in [6.45, 7) is 1.81. The summed E-state index contributed by atoms with van der Waals surface area (Å²) >= 11 is 1.56. The van der Waals surface area contributed by atoms with Crippen LogP contribution in [-0.4, -0.2) is 36.5 Å². The van der Waals surface area contributed by atoms with Crippen LogP contribution in [0.2, 0.25) is 0 Å². The Hall–Kier alpha value is -0.650. The van der Waals surface area contributed by atoms with E-state index in [9.17, 15) is 0 Å². The first-order valence-corrected chi connectivity index (χ1v) is 4.63. The van der Waals surface area contributed by atoms with E-state index in [2.05, 4.69) is 10.3 Å². The predicted molar refractivity (Wildman–Crippen MR) is 48.5 cm³/mol. The van der Waals surface area contributed by atoms with Crippen LogP contribution in [0.4, 0.5) is 5.13 Å². The molecule has 0 aliphatic rings. The van der Waals surface area contributed by atoms with Crippen molar-refractivity contribution in [3.63, 3.8) is 0 Å². The third-order valence-corrected chi connectivity index (χ3v) is 1.92. The minimum absolute atomic E-state index is 0.0806. The van der Waals surface area contributed by atoms with E-state index in [-0.39, 0.29) is 6.61 Å². The van der Waals surface area contributed by atoms with Crippen LogP contribution in [-0.2, 0) is 4.74 Å². The maximum absolute atomic E-state index is 8.39. The van der Waals surface area contributed by atoms with Crippen LogP contribution >= 0.6 is 11.3 Å². The van der Waals surface area contributed by atoms with Gasteiger partial charge in [-0.05, 0) is 0 Å². The molecule has 0 amide bonds. The summed E-state index contributed by atoms with van der Waals surface area (Å²) in [6, 6.07) is 0. The maximum Gasteiger partial charge on any atom is 0.182 e. The Morgan fingerprint density at radius 1 is 1.58 bits per heavy atom. The van der Waals surface area contributed by atoms with Crippen LogP contribution in [0.5, 0.6) is 0 Å². The Morgan fingerprint density at radius 3 is 3.17 bits per heavy atom. The van der Waals surface area contributed by atoms with Gasteiger partial charge in [0.05, 0.1) is 19.8 Å². The van der Waals surface area contributed by atoms with E-state index >= 15 is 0 Å². The first kappa shape index (κ1) is 9.44. The van der Waals surface area contributed by atoms with Gasteiger partial charge in [0.2, 0.25) is 0 Å². The quantitative estimate of drug-likeness (QED) is 0.641. The molecule has 0 saturated heterocycles. The molecule has 0 spiro atoms. The lowest BCUT2D eigenvalue weighted by Gasteiger charge is -2.02. The Labute approximate surface area is 75.2 Å². The third kappa shape index (κ3) is 3.66. The fourth-order valence-electron chi connectivity index (χ4n) is 0.707. The zero-order chi connectivity index (χ0) is 8.65. The number of ether oxygens (including phenoxy) is 1. The zero-order valence-corrected chi connectivity index (χ0v) is 7.51. The molecule has 0 atom stereocenters. The van der Waals surface area contributed by atoms with Crippen molar-refractivity contribution in [2.75, 3.05) is 31.7 Å². The van der Waals surface area contributed by atoms with Gasteiger partial charge in [-0.3, -0.25) is 0 Å². The lowest BCUT2D eigenvalue weighted by Crippen LogP contribution is -2.10. The van der Waals surface area contributed by atoms with Crippen molar-refractivity contribution in [2.24, 2.45) is 0 Å². The topological polar surface area (TPSA) is 54.4 Å². The molecule has 1 rings (SSSR count). The minimum Gasteiger partial charge on any atom is -0.394 e. The highest BCUT2D eigenvalue weighted by atomic mass is 32.1. The molecule has 0 aliphatic carbocycles. The van der Waals surface area contributed by atoms with Crippen LogP contribution in [0, 0.1) is 0 Å². The highest BCUT2D eigenvalue weighted by Gasteiger charge is 1.91. The summed E-state index contributed by atoms with van der Waals surface area (Å²) in [6.07, 6.45) is 1.75. The van der Waals surface area contributed by atoms with Crippen LogP contribution in [0.1, 0.15) is 0 Å². The van der Waals surface area contributed by atoms with Gasteiger partial charge in [0, 0.05) is 18.1 Å². The molecule has 0 fully saturated rings. The number of hydrogen-bond acceptors (Lipinski definition) is 5. The maximum atomic E-state index is 8.39. The molecule has 2 N–H and O–H groups in total. The van der Waals surface area contributed by atoms with Gasteiger partial charge in [0.25, 0.3) is 0 Å². The monoisotopic (exact) mass is 188 g/mol. The molecular formula is C7H12N2O2S. The fourth-order valence-corrected chi connectivity index (χ4v) is 1.27. The van der Waals surface area contributed by atoms with Crippen molar-refractivity contribution in [2.45, 2.75) is 0 Å². The van der Waals surface area contributed by atoms with Crippen molar-refractivity contribution >= 4 is 16.5 Å². The number of rotatable bonds is 6. The first-order chi connectivity index (χ1) is 5.93. The van der Waals surface area contributed by atoms with Crippen LogP contribution < -0.4 is 5.32 Å². The van der Waals surface area contributed by atoms with Gasteiger partial charge in [-0.2, -0.15) is 0 Å². The summed E-state index contributed by atoms with van der Waals surface area (Å²) in [5.41, 5.74) is 0. The SMILES string of the molecule is OCCOCCNc1nccs1. The fraction of sp³-hybridized carbons (Fsp3) is 0.571. The molecule has 1 aromatic heterocycles. The second-order valence-corrected chi connectivity index (χ2v) is 2.99. The van der Waals surface area contributed by atoms with Crippen molar-refractivity contribution in [3.8, 4) is 0 Å². The summed E-state index contributed by atoms with van der Waals surface area (Å²) in [5, 5.41) is 14.3. The Morgan fingerprint density at radius 2 is 2.50 bits per heavy atom. The normalized spacial score (nSPS) is 10.1. The first-order valence-electron chi connectivity index (χ1n) is 3.75. The molecule has 0 unspecified atom stereocenters. The van der Waals surface area contributed by atoms with Gasteiger partial charge in [0.1, 0.15) is 0 Å². The number of aliphatic hydroxyl groups is 1. The molecule has 0 bridgehead atoms. The largest absolute Gasteiger partial charge is 0.394 e. The van der Waals surface area contributed by atoms with Crippen LogP contribution in [0.25, 0.3) is 0 Å². The highest BCUT2D eigenvalue weighted by molar-refractivity contribution is 7.13. The van der Waals surface area contributed by atoms with Gasteiger partial charge in [0.15, 0.2) is 5.13 Å². The second kappa shape index (κ2) is 5.93. The van der Waals surface area contributed by atoms with Gasteiger partial charge in [-0.1, -0.05) is 0 Å². The number of anilines is 1. The van der Waals surface area contributed by atoms with Crippen molar-refractivity contribution < 1.29 is 9.84 Å². The number of aliphatic hydroxyl groups excluding tert-OH is 1. The number of aromatic nitrogens is 1. The average Bonchev–Trinajstić information content (AvgIpc) is 2.57. The molecule has 4 nitrogen and oxygen atoms in total. The summed E-state index contributed by atoms with van der Waals surface area (Å²) < 4.78 is 5.05. The molecule has 0 saturated carbocycles. The molecule has 68 valence electrons. The summed E-state index contributed by atoms with van der Waals surface area (Å²) in [7, 11) is 0. The molecule has 0 aromatic carbocycles. The van der Waals surface area contributed by atoms with E-state index in [0.29, 0.717) is 13.2 Å². The zero-order valence-electron chi connectivity index (χ0n) is 6.69. The third-order valence-electron chi connectivity index (χ3n) is 1.19. The van der Waals surface area contributed by atoms with E-state index in [1.165, 1.54) is 0 Å². The lowest BCUT2D eigenvalue weighted by molar-refractivity contribution is 0.0992. The summed E-state index contributed by atoms with van der Waals surface area (Å²) in [4.78, 5) is 4.04. The molecule has 0 aliphatic heterocycles. The number of hydrogen-bond donors (Lipinski definition) is 2. The predicted octanol–water partition coefficient (Wildman–Crippen LogP) is 0.564. The number of nitrogens with one attached hydrogen (secondary N) is 1. The second-order valence-electron chi connectivity index (χ2n) is 2.10. The average molecular weight is 188 g/mol.